The van der Waals surface area contributed by atoms with E-state index in [2.05, 4.69) is 6.92 Å². The van der Waals surface area contributed by atoms with Gasteiger partial charge in [-0.3, -0.25) is 9.59 Å². The first-order valence-corrected chi connectivity index (χ1v) is 8.99. The number of epoxide rings is 2. The molecular formula is C19H26O7. The predicted octanol–water partition coefficient (Wildman–Crippen LogP) is 1.39. The van der Waals surface area contributed by atoms with Crippen LogP contribution in [0.2, 0.25) is 0 Å². The van der Waals surface area contributed by atoms with E-state index in [1.54, 1.807) is 6.08 Å². The van der Waals surface area contributed by atoms with Crippen LogP contribution in [-0.4, -0.2) is 61.8 Å². The van der Waals surface area contributed by atoms with Crippen molar-refractivity contribution in [3.8, 4) is 0 Å². The van der Waals surface area contributed by atoms with Crippen LogP contribution in [0.25, 0.3) is 0 Å². The lowest BCUT2D eigenvalue weighted by Gasteiger charge is -2.47. The van der Waals surface area contributed by atoms with Gasteiger partial charge in [0.15, 0.2) is 23.3 Å². The molecule has 144 valence electrons. The average molecular weight is 366 g/mol. The molecule has 0 aromatic rings. The van der Waals surface area contributed by atoms with Gasteiger partial charge in [0.05, 0.1) is 0 Å². The summed E-state index contributed by atoms with van der Waals surface area (Å²) in [5.74, 6) is -0.401. The number of carbonyl (C=O) groups excluding carboxylic acids is 2. The lowest BCUT2D eigenvalue weighted by atomic mass is 9.56. The molecule has 2 heterocycles. The Balaban J connectivity index is 1.70. The van der Waals surface area contributed by atoms with Gasteiger partial charge in [-0.15, -0.1) is 0 Å². The van der Waals surface area contributed by atoms with Gasteiger partial charge in [0.1, 0.15) is 18.3 Å². The van der Waals surface area contributed by atoms with E-state index in [4.69, 9.17) is 23.7 Å². The van der Waals surface area contributed by atoms with Gasteiger partial charge in [0.25, 0.3) is 0 Å². The second-order valence-corrected chi connectivity index (χ2v) is 8.28. The van der Waals surface area contributed by atoms with E-state index in [9.17, 15) is 9.59 Å². The summed E-state index contributed by atoms with van der Waals surface area (Å²) in [6, 6.07) is 0. The second kappa shape index (κ2) is 5.38. The Morgan fingerprint density at radius 3 is 2.54 bits per heavy atom. The van der Waals surface area contributed by atoms with Crippen molar-refractivity contribution in [1.82, 2.24) is 0 Å². The van der Waals surface area contributed by atoms with Gasteiger partial charge >= 0.3 is 5.97 Å². The van der Waals surface area contributed by atoms with Crippen molar-refractivity contribution < 1.29 is 33.3 Å². The first kappa shape index (κ1) is 18.1. The number of esters is 1. The lowest BCUT2D eigenvalue weighted by Crippen LogP contribution is -2.54. The molecule has 0 aromatic carbocycles. The van der Waals surface area contributed by atoms with Crippen LogP contribution >= 0.6 is 0 Å². The number of methoxy groups -OCH3 is 2. The number of rotatable bonds is 4. The predicted molar refractivity (Wildman–Crippen MR) is 89.2 cm³/mol. The van der Waals surface area contributed by atoms with E-state index in [-0.39, 0.29) is 41.4 Å². The highest BCUT2D eigenvalue weighted by atomic mass is 16.7. The fourth-order valence-electron chi connectivity index (χ4n) is 5.22. The van der Waals surface area contributed by atoms with Crippen LogP contribution in [0.15, 0.2) is 11.6 Å². The molecule has 4 aliphatic rings. The number of hydrogen-bond donors (Lipinski definition) is 0. The largest absolute Gasteiger partial charge is 0.459 e. The van der Waals surface area contributed by atoms with E-state index in [0.717, 1.165) is 5.57 Å². The van der Waals surface area contributed by atoms with Crippen LogP contribution in [0, 0.1) is 11.3 Å². The van der Waals surface area contributed by atoms with Crippen LogP contribution in [-0.2, 0) is 33.3 Å². The Bertz CT molecular complexity index is 698. The lowest BCUT2D eigenvalue weighted by molar-refractivity contribution is -0.154. The van der Waals surface area contributed by atoms with E-state index in [1.807, 2.05) is 13.8 Å². The first-order valence-electron chi connectivity index (χ1n) is 8.99. The van der Waals surface area contributed by atoms with E-state index >= 15 is 0 Å². The monoisotopic (exact) mass is 366 g/mol. The number of ketones is 1. The minimum absolute atomic E-state index is 0.0108. The normalized spacial score (nSPS) is 48.7. The third-order valence-electron chi connectivity index (χ3n) is 6.94. The summed E-state index contributed by atoms with van der Waals surface area (Å²) in [6.07, 6.45) is 0.881. The van der Waals surface area contributed by atoms with Gasteiger partial charge in [-0.25, -0.2) is 0 Å². The maximum absolute atomic E-state index is 13.0. The maximum atomic E-state index is 13.0. The number of hydrogen-bond acceptors (Lipinski definition) is 7. The summed E-state index contributed by atoms with van der Waals surface area (Å²) in [6.45, 7) is 7.40. The number of carbonyl (C=O) groups is 2. The zero-order valence-electron chi connectivity index (χ0n) is 16.0. The highest BCUT2D eigenvalue weighted by Crippen LogP contribution is 2.66. The Morgan fingerprint density at radius 2 is 1.96 bits per heavy atom. The quantitative estimate of drug-likeness (QED) is 0.422. The first-order chi connectivity index (χ1) is 12.1. The molecule has 7 heteroatoms. The molecule has 0 bridgehead atoms. The molecule has 0 radical (unpaired) electrons. The van der Waals surface area contributed by atoms with Crippen LogP contribution in [0.5, 0.6) is 0 Å². The zero-order chi connectivity index (χ0) is 19.1. The van der Waals surface area contributed by atoms with E-state index < -0.39 is 17.5 Å². The fraction of sp³-hybridized carbons (Fsp3) is 0.789. The van der Waals surface area contributed by atoms with Gasteiger partial charge < -0.3 is 23.7 Å². The molecule has 7 unspecified atom stereocenters. The minimum atomic E-state index is -0.987. The van der Waals surface area contributed by atoms with Crippen LogP contribution in [0.3, 0.4) is 0 Å². The van der Waals surface area contributed by atoms with E-state index in [0.29, 0.717) is 6.42 Å². The molecule has 2 aliphatic heterocycles. The van der Waals surface area contributed by atoms with E-state index in [1.165, 1.54) is 21.1 Å². The Kier molecular flexibility index (Phi) is 3.74. The average Bonchev–Trinajstić information content (AvgIpc) is 3.45. The molecule has 2 aliphatic carbocycles. The molecular weight excluding hydrogens is 340 g/mol. The van der Waals surface area contributed by atoms with Crippen molar-refractivity contribution in [3.05, 3.63) is 11.6 Å². The molecule has 0 amide bonds. The summed E-state index contributed by atoms with van der Waals surface area (Å²) in [7, 11) is 3.07. The van der Waals surface area contributed by atoms with Crippen molar-refractivity contribution in [2.45, 2.75) is 69.9 Å². The molecule has 3 fully saturated rings. The molecule has 26 heavy (non-hydrogen) atoms. The van der Waals surface area contributed by atoms with Crippen molar-refractivity contribution in [3.63, 3.8) is 0 Å². The molecule has 4 rings (SSSR count). The van der Waals surface area contributed by atoms with Gasteiger partial charge in [-0.05, 0) is 25.0 Å². The zero-order valence-corrected chi connectivity index (χ0v) is 16.0. The van der Waals surface area contributed by atoms with Crippen LogP contribution in [0.1, 0.15) is 34.1 Å². The summed E-state index contributed by atoms with van der Waals surface area (Å²) in [5, 5.41) is 0. The Morgan fingerprint density at radius 1 is 1.31 bits per heavy atom. The van der Waals surface area contributed by atoms with Crippen molar-refractivity contribution in [1.29, 1.82) is 0 Å². The maximum Gasteiger partial charge on any atom is 0.303 e. The van der Waals surface area contributed by atoms with Crippen molar-refractivity contribution in [2.24, 2.45) is 11.3 Å². The van der Waals surface area contributed by atoms with Crippen LogP contribution in [0.4, 0.5) is 0 Å². The Hall–Kier alpha value is -1.28. The van der Waals surface area contributed by atoms with Gasteiger partial charge in [-0.1, -0.05) is 13.8 Å². The topological polar surface area (TPSA) is 86.9 Å². The summed E-state index contributed by atoms with van der Waals surface area (Å²) >= 11 is 0. The summed E-state index contributed by atoms with van der Waals surface area (Å²) < 4.78 is 28.1. The SMILES string of the molecule is COC(OC)C1(C)OC12CC1(C)C(=CC2=O)C2OC2C(OC(C)=O)C1C. The molecule has 2 saturated heterocycles. The van der Waals surface area contributed by atoms with Crippen molar-refractivity contribution >= 4 is 11.8 Å². The Labute approximate surface area is 152 Å². The fourth-order valence-corrected chi connectivity index (χ4v) is 5.22. The molecule has 7 nitrogen and oxygen atoms in total. The summed E-state index contributed by atoms with van der Waals surface area (Å²) in [4.78, 5) is 24.5. The molecule has 7 atom stereocenters. The van der Waals surface area contributed by atoms with Gasteiger partial charge in [0.2, 0.25) is 0 Å². The second-order valence-electron chi connectivity index (χ2n) is 8.28. The third kappa shape index (κ3) is 2.08. The molecule has 1 spiro atoms. The van der Waals surface area contributed by atoms with Crippen molar-refractivity contribution in [2.75, 3.05) is 14.2 Å². The number of ether oxygens (including phenoxy) is 5. The molecule has 0 N–H and O–H groups in total. The highest BCUT2D eigenvalue weighted by molar-refractivity contribution is 6.02. The molecule has 0 aromatic heterocycles. The van der Waals surface area contributed by atoms with Crippen LogP contribution < -0.4 is 0 Å². The summed E-state index contributed by atoms with van der Waals surface area (Å²) in [5.41, 5.74) is -1.23. The highest BCUT2D eigenvalue weighted by Gasteiger charge is 2.79. The molecule has 1 saturated carbocycles. The minimum Gasteiger partial charge on any atom is -0.459 e. The van der Waals surface area contributed by atoms with Gasteiger partial charge in [0, 0.05) is 32.5 Å². The smallest absolute Gasteiger partial charge is 0.303 e. The third-order valence-corrected chi connectivity index (χ3v) is 6.94. The standard InChI is InChI=1S/C19H26O7/c1-9-13(24-10(2)20)15-14(25-15)11-7-12(21)19(8-17(9,11)3)18(4,26-19)16(22-5)23-6/h7,9,13-16H,8H2,1-6H3. The number of fused-ring (bicyclic) bond motifs is 3. The van der Waals surface area contributed by atoms with Gasteiger partial charge in [-0.2, -0.15) is 0 Å².